The molecule has 2 heterocycles. The van der Waals surface area contributed by atoms with E-state index >= 15 is 0 Å². The monoisotopic (exact) mass is 317 g/mol. The van der Waals surface area contributed by atoms with Gasteiger partial charge < -0.3 is 0 Å². The lowest BCUT2D eigenvalue weighted by atomic mass is 10.2. The number of H-pyrrole nitrogens is 1. The molecule has 0 aliphatic carbocycles. The normalized spacial score (nSPS) is 10.5. The average molecular weight is 317 g/mol. The summed E-state index contributed by atoms with van der Waals surface area (Å²) in [7, 11) is 0. The molecule has 2 N–H and O–H groups in total. The van der Waals surface area contributed by atoms with Crippen LogP contribution in [0.3, 0.4) is 0 Å². The number of amides is 1. The number of aryl methyl sites for hydroxylation is 1. The van der Waals surface area contributed by atoms with Crippen molar-refractivity contribution in [3.05, 3.63) is 46.2 Å². The Morgan fingerprint density at radius 3 is 2.81 bits per heavy atom. The van der Waals surface area contributed by atoms with E-state index in [2.05, 4.69) is 38.1 Å². The maximum Gasteiger partial charge on any atom is 0.269 e. The van der Waals surface area contributed by atoms with Crippen molar-refractivity contribution in [2.75, 3.05) is 5.32 Å². The summed E-state index contributed by atoms with van der Waals surface area (Å²) < 4.78 is 0. The summed E-state index contributed by atoms with van der Waals surface area (Å²) in [5.74, 6) is 0.0119. The average Bonchev–Trinajstić information content (AvgIpc) is 3.13. The zero-order valence-electron chi connectivity index (χ0n) is 11.0. The highest BCUT2D eigenvalue weighted by Gasteiger charge is 2.15. The van der Waals surface area contributed by atoms with E-state index in [9.17, 15) is 4.79 Å². The minimum atomic E-state index is -0.224. The number of nitrogens with one attached hydrogen (secondary N) is 2. The van der Waals surface area contributed by atoms with Gasteiger partial charge in [-0.25, -0.2) is 5.10 Å². The number of aromatic nitrogens is 4. The fourth-order valence-corrected chi connectivity index (χ4v) is 3.54. The lowest BCUT2D eigenvalue weighted by Gasteiger charge is -2.04. The van der Waals surface area contributed by atoms with Crippen LogP contribution in [0.4, 0.5) is 5.95 Å². The van der Waals surface area contributed by atoms with Crippen LogP contribution in [0.1, 0.15) is 15.2 Å². The Balaban J connectivity index is 1.77. The number of hydrogen-bond acceptors (Lipinski definition) is 6. The fraction of sp³-hybridized carbons (Fsp3) is 0.0769. The van der Waals surface area contributed by atoms with Crippen molar-refractivity contribution in [3.63, 3.8) is 0 Å². The molecule has 0 aliphatic heterocycles. The van der Waals surface area contributed by atoms with Crippen LogP contribution in [0.2, 0.25) is 0 Å². The Morgan fingerprint density at radius 2 is 2.10 bits per heavy atom. The minimum Gasteiger partial charge on any atom is -0.289 e. The SMILES string of the molecule is Cc1ccc(Sc2ccsc2C(=O)Nc2nnn[nH]2)cc1. The third-order valence-corrected chi connectivity index (χ3v) is 4.77. The molecule has 2 aromatic heterocycles. The van der Waals surface area contributed by atoms with Crippen LogP contribution in [0.25, 0.3) is 0 Å². The number of hydrogen-bond donors (Lipinski definition) is 2. The van der Waals surface area contributed by atoms with Gasteiger partial charge in [-0.05, 0) is 40.9 Å². The van der Waals surface area contributed by atoms with Gasteiger partial charge in [-0.3, -0.25) is 10.1 Å². The molecule has 0 radical (unpaired) electrons. The van der Waals surface area contributed by atoms with Gasteiger partial charge in [-0.1, -0.05) is 34.6 Å². The van der Waals surface area contributed by atoms with Crippen molar-refractivity contribution in [1.29, 1.82) is 0 Å². The molecule has 1 aromatic carbocycles. The predicted molar refractivity (Wildman–Crippen MR) is 81.8 cm³/mol. The molecule has 8 heteroatoms. The van der Waals surface area contributed by atoms with E-state index in [1.54, 1.807) is 11.8 Å². The van der Waals surface area contributed by atoms with Gasteiger partial charge in [0.1, 0.15) is 4.88 Å². The quantitative estimate of drug-likeness (QED) is 0.773. The summed E-state index contributed by atoms with van der Waals surface area (Å²) in [6, 6.07) is 10.1. The Labute approximate surface area is 129 Å². The van der Waals surface area contributed by atoms with Crippen molar-refractivity contribution in [2.24, 2.45) is 0 Å². The number of tetrazole rings is 1. The maximum atomic E-state index is 12.2. The molecule has 0 atom stereocenters. The summed E-state index contributed by atoms with van der Waals surface area (Å²) in [5, 5.41) is 17.5. The molecule has 0 aliphatic rings. The smallest absolute Gasteiger partial charge is 0.269 e. The van der Waals surface area contributed by atoms with Gasteiger partial charge in [-0.15, -0.1) is 11.3 Å². The predicted octanol–water partition coefficient (Wildman–Crippen LogP) is 2.97. The highest BCUT2D eigenvalue weighted by atomic mass is 32.2. The van der Waals surface area contributed by atoms with Crippen LogP contribution < -0.4 is 5.32 Å². The highest BCUT2D eigenvalue weighted by Crippen LogP contribution is 2.33. The third-order valence-electron chi connectivity index (χ3n) is 2.66. The van der Waals surface area contributed by atoms with E-state index in [1.165, 1.54) is 16.9 Å². The van der Waals surface area contributed by atoms with E-state index in [-0.39, 0.29) is 11.9 Å². The molecule has 3 aromatic rings. The van der Waals surface area contributed by atoms with Gasteiger partial charge >= 0.3 is 0 Å². The summed E-state index contributed by atoms with van der Waals surface area (Å²) in [5.41, 5.74) is 1.21. The number of aromatic amines is 1. The van der Waals surface area contributed by atoms with Crippen LogP contribution in [0, 0.1) is 6.92 Å². The molecule has 106 valence electrons. The molecule has 1 amide bonds. The van der Waals surface area contributed by atoms with E-state index in [4.69, 9.17) is 0 Å². The molecule has 0 spiro atoms. The first kappa shape index (κ1) is 13.8. The van der Waals surface area contributed by atoms with E-state index < -0.39 is 0 Å². The number of benzene rings is 1. The number of rotatable bonds is 4. The summed E-state index contributed by atoms with van der Waals surface area (Å²) >= 11 is 2.94. The van der Waals surface area contributed by atoms with Crippen LogP contribution >= 0.6 is 23.1 Å². The second-order valence-electron chi connectivity index (χ2n) is 4.23. The van der Waals surface area contributed by atoms with E-state index in [1.807, 2.05) is 30.5 Å². The van der Waals surface area contributed by atoms with Gasteiger partial charge in [0.15, 0.2) is 0 Å². The Hall–Kier alpha value is -2.19. The zero-order chi connectivity index (χ0) is 14.7. The molecule has 0 saturated carbocycles. The largest absolute Gasteiger partial charge is 0.289 e. The van der Waals surface area contributed by atoms with E-state index in [0.717, 1.165) is 9.79 Å². The van der Waals surface area contributed by atoms with Gasteiger partial charge in [0.25, 0.3) is 5.91 Å². The molecule has 0 fully saturated rings. The number of thiophene rings is 1. The molecule has 0 saturated heterocycles. The first-order valence-electron chi connectivity index (χ1n) is 6.09. The molecular formula is C13H11N5OS2. The number of carbonyl (C=O) groups excluding carboxylic acids is 1. The van der Waals surface area contributed by atoms with Crippen LogP contribution in [-0.4, -0.2) is 26.5 Å². The lowest BCUT2D eigenvalue weighted by Crippen LogP contribution is -2.12. The third kappa shape index (κ3) is 3.29. The second kappa shape index (κ2) is 6.06. The van der Waals surface area contributed by atoms with Gasteiger partial charge in [-0.2, -0.15) is 0 Å². The van der Waals surface area contributed by atoms with Crippen molar-refractivity contribution in [2.45, 2.75) is 16.7 Å². The minimum absolute atomic E-state index is 0.224. The second-order valence-corrected chi connectivity index (χ2v) is 6.26. The highest BCUT2D eigenvalue weighted by molar-refractivity contribution is 7.99. The van der Waals surface area contributed by atoms with Gasteiger partial charge in [0.05, 0.1) is 0 Å². The molecule has 3 rings (SSSR count). The Kier molecular flexibility index (Phi) is 3.98. The summed E-state index contributed by atoms with van der Waals surface area (Å²) in [4.78, 5) is 14.8. The standard InChI is InChI=1S/C13H11N5OS2/c1-8-2-4-9(5-3-8)21-10-6-7-20-11(10)12(19)14-13-15-17-18-16-13/h2-7H,1H3,(H2,14,15,16,17,18,19). The zero-order valence-corrected chi connectivity index (χ0v) is 12.7. The van der Waals surface area contributed by atoms with Gasteiger partial charge in [0, 0.05) is 9.79 Å². The summed E-state index contributed by atoms with van der Waals surface area (Å²) in [6.07, 6.45) is 0. The molecule has 21 heavy (non-hydrogen) atoms. The summed E-state index contributed by atoms with van der Waals surface area (Å²) in [6.45, 7) is 2.04. The molecular weight excluding hydrogens is 306 g/mol. The van der Waals surface area contributed by atoms with Crippen molar-refractivity contribution >= 4 is 35.0 Å². The van der Waals surface area contributed by atoms with Crippen LogP contribution in [0.15, 0.2) is 45.5 Å². The Bertz CT molecular complexity index is 736. The van der Waals surface area contributed by atoms with Gasteiger partial charge in [0.2, 0.25) is 5.95 Å². The number of nitrogens with zero attached hydrogens (tertiary/aromatic N) is 3. The first-order chi connectivity index (χ1) is 10.2. The Morgan fingerprint density at radius 1 is 1.29 bits per heavy atom. The molecule has 0 bridgehead atoms. The number of anilines is 1. The number of carbonyl (C=O) groups is 1. The van der Waals surface area contributed by atoms with Crippen molar-refractivity contribution in [1.82, 2.24) is 20.6 Å². The lowest BCUT2D eigenvalue weighted by molar-refractivity contribution is 0.102. The van der Waals surface area contributed by atoms with Crippen LogP contribution in [0.5, 0.6) is 0 Å². The molecule has 0 unspecified atom stereocenters. The van der Waals surface area contributed by atoms with Crippen LogP contribution in [-0.2, 0) is 0 Å². The molecule has 6 nitrogen and oxygen atoms in total. The topological polar surface area (TPSA) is 83.6 Å². The fourth-order valence-electron chi connectivity index (χ4n) is 1.65. The van der Waals surface area contributed by atoms with E-state index in [0.29, 0.717) is 4.88 Å². The maximum absolute atomic E-state index is 12.2. The van der Waals surface area contributed by atoms with Crippen molar-refractivity contribution in [3.8, 4) is 0 Å². The van der Waals surface area contributed by atoms with Crippen molar-refractivity contribution < 1.29 is 4.79 Å². The first-order valence-corrected chi connectivity index (χ1v) is 7.79.